The summed E-state index contributed by atoms with van der Waals surface area (Å²) in [5.74, 6) is 1.98. The fourth-order valence-corrected chi connectivity index (χ4v) is 2.87. The van der Waals surface area contributed by atoms with E-state index in [1.807, 2.05) is 6.92 Å². The SMILES string of the molecule is CCNC(=NCCC1CCN(CC(F)(F)F)CC1)NCCC(C)C.I. The Balaban J connectivity index is 0.00000576. The van der Waals surface area contributed by atoms with E-state index in [1.165, 1.54) is 4.90 Å². The van der Waals surface area contributed by atoms with Crippen molar-refractivity contribution in [1.29, 1.82) is 0 Å². The van der Waals surface area contributed by atoms with Crippen molar-refractivity contribution in [2.45, 2.75) is 52.6 Å². The molecule has 0 aromatic rings. The second-order valence-corrected chi connectivity index (χ2v) is 6.99. The minimum Gasteiger partial charge on any atom is -0.357 e. The number of halogens is 4. The predicted molar refractivity (Wildman–Crippen MR) is 109 cm³/mol. The van der Waals surface area contributed by atoms with E-state index in [0.29, 0.717) is 24.9 Å². The normalized spacial score (nSPS) is 17.5. The highest BCUT2D eigenvalue weighted by atomic mass is 127. The Hall–Kier alpha value is -0.250. The molecule has 0 aromatic carbocycles. The molecule has 150 valence electrons. The Morgan fingerprint density at radius 3 is 2.36 bits per heavy atom. The van der Waals surface area contributed by atoms with Crippen LogP contribution < -0.4 is 10.6 Å². The van der Waals surface area contributed by atoms with Crippen LogP contribution in [0.15, 0.2) is 4.99 Å². The minimum absolute atomic E-state index is 0. The zero-order valence-electron chi connectivity index (χ0n) is 15.7. The van der Waals surface area contributed by atoms with Gasteiger partial charge in [-0.1, -0.05) is 13.8 Å². The van der Waals surface area contributed by atoms with E-state index in [1.54, 1.807) is 0 Å². The van der Waals surface area contributed by atoms with Crippen LogP contribution in [-0.2, 0) is 0 Å². The number of hydrogen-bond acceptors (Lipinski definition) is 2. The van der Waals surface area contributed by atoms with Gasteiger partial charge in [-0.25, -0.2) is 0 Å². The zero-order chi connectivity index (χ0) is 18.0. The lowest BCUT2D eigenvalue weighted by atomic mass is 9.93. The Kier molecular flexibility index (Phi) is 12.9. The number of nitrogens with one attached hydrogen (secondary N) is 2. The molecule has 0 radical (unpaired) electrons. The van der Waals surface area contributed by atoms with Gasteiger partial charge in [0.05, 0.1) is 6.54 Å². The van der Waals surface area contributed by atoms with E-state index in [9.17, 15) is 13.2 Å². The van der Waals surface area contributed by atoms with E-state index in [-0.39, 0.29) is 24.0 Å². The zero-order valence-corrected chi connectivity index (χ0v) is 18.0. The fourth-order valence-electron chi connectivity index (χ4n) is 2.87. The van der Waals surface area contributed by atoms with E-state index >= 15 is 0 Å². The molecule has 0 amide bonds. The lowest BCUT2D eigenvalue weighted by Crippen LogP contribution is -2.40. The van der Waals surface area contributed by atoms with Crippen LogP contribution in [0.3, 0.4) is 0 Å². The van der Waals surface area contributed by atoms with Gasteiger partial charge in [-0.15, -0.1) is 24.0 Å². The number of rotatable bonds is 8. The van der Waals surface area contributed by atoms with Crippen molar-refractivity contribution in [2.24, 2.45) is 16.8 Å². The predicted octanol–water partition coefficient (Wildman–Crippen LogP) is 3.87. The quantitative estimate of drug-likeness (QED) is 0.316. The lowest BCUT2D eigenvalue weighted by molar-refractivity contribution is -0.148. The molecule has 1 fully saturated rings. The van der Waals surface area contributed by atoms with E-state index < -0.39 is 12.7 Å². The maximum Gasteiger partial charge on any atom is 0.401 e. The summed E-state index contributed by atoms with van der Waals surface area (Å²) >= 11 is 0. The smallest absolute Gasteiger partial charge is 0.357 e. The first kappa shape index (κ1) is 24.8. The van der Waals surface area contributed by atoms with Crippen molar-refractivity contribution in [2.75, 3.05) is 39.3 Å². The minimum atomic E-state index is -4.08. The largest absolute Gasteiger partial charge is 0.401 e. The summed E-state index contributed by atoms with van der Waals surface area (Å²) in [4.78, 5) is 6.09. The molecule has 8 heteroatoms. The first-order valence-electron chi connectivity index (χ1n) is 9.11. The third kappa shape index (κ3) is 12.7. The average Bonchev–Trinajstić information content (AvgIpc) is 2.47. The second kappa shape index (κ2) is 13.0. The Labute approximate surface area is 167 Å². The molecule has 1 aliphatic rings. The number of piperidine rings is 1. The molecule has 0 unspecified atom stereocenters. The third-order valence-corrected chi connectivity index (χ3v) is 4.28. The van der Waals surface area contributed by atoms with Crippen molar-refractivity contribution in [3.05, 3.63) is 0 Å². The topological polar surface area (TPSA) is 39.7 Å². The molecule has 0 aliphatic carbocycles. The van der Waals surface area contributed by atoms with Crippen LogP contribution in [0.1, 0.15) is 46.5 Å². The van der Waals surface area contributed by atoms with Crippen molar-refractivity contribution in [3.63, 3.8) is 0 Å². The van der Waals surface area contributed by atoms with Crippen LogP contribution in [0.2, 0.25) is 0 Å². The Morgan fingerprint density at radius 1 is 1.20 bits per heavy atom. The van der Waals surface area contributed by atoms with Gasteiger partial charge >= 0.3 is 6.18 Å². The highest BCUT2D eigenvalue weighted by Gasteiger charge is 2.32. The van der Waals surface area contributed by atoms with Gasteiger partial charge in [-0.3, -0.25) is 9.89 Å². The number of aliphatic imine (C=N–C) groups is 1. The molecule has 25 heavy (non-hydrogen) atoms. The van der Waals surface area contributed by atoms with Gasteiger partial charge in [0.1, 0.15) is 0 Å². The molecular weight excluding hydrogens is 444 g/mol. The van der Waals surface area contributed by atoms with Crippen LogP contribution in [0, 0.1) is 11.8 Å². The maximum absolute atomic E-state index is 12.4. The summed E-state index contributed by atoms with van der Waals surface area (Å²) in [5, 5.41) is 6.56. The van der Waals surface area contributed by atoms with E-state index in [0.717, 1.165) is 51.3 Å². The molecular formula is C17H34F3IN4. The van der Waals surface area contributed by atoms with E-state index in [4.69, 9.17) is 0 Å². The van der Waals surface area contributed by atoms with Crippen LogP contribution in [0.4, 0.5) is 13.2 Å². The highest BCUT2D eigenvalue weighted by Crippen LogP contribution is 2.24. The molecule has 2 N–H and O–H groups in total. The first-order chi connectivity index (χ1) is 11.3. The molecule has 1 aliphatic heterocycles. The lowest BCUT2D eigenvalue weighted by Gasteiger charge is -2.32. The molecule has 4 nitrogen and oxygen atoms in total. The van der Waals surface area contributed by atoms with Crippen molar-refractivity contribution in [1.82, 2.24) is 15.5 Å². The number of nitrogens with zero attached hydrogens (tertiary/aromatic N) is 2. The summed E-state index contributed by atoms with van der Waals surface area (Å²) in [5.41, 5.74) is 0. The molecule has 0 bridgehead atoms. The van der Waals surface area contributed by atoms with Crippen molar-refractivity contribution in [3.8, 4) is 0 Å². The van der Waals surface area contributed by atoms with Crippen LogP contribution >= 0.6 is 24.0 Å². The summed E-state index contributed by atoms with van der Waals surface area (Å²) < 4.78 is 37.1. The average molecular weight is 478 g/mol. The number of guanidine groups is 1. The molecule has 1 rings (SSSR count). The van der Waals surface area contributed by atoms with Gasteiger partial charge in [-0.05, 0) is 57.5 Å². The van der Waals surface area contributed by atoms with Crippen molar-refractivity contribution < 1.29 is 13.2 Å². The number of hydrogen-bond donors (Lipinski definition) is 2. The third-order valence-electron chi connectivity index (χ3n) is 4.28. The van der Waals surface area contributed by atoms with Crippen LogP contribution in [0.25, 0.3) is 0 Å². The van der Waals surface area contributed by atoms with Gasteiger partial charge < -0.3 is 10.6 Å². The van der Waals surface area contributed by atoms with Gasteiger partial charge in [-0.2, -0.15) is 13.2 Å². The molecule has 1 heterocycles. The highest BCUT2D eigenvalue weighted by molar-refractivity contribution is 14.0. The maximum atomic E-state index is 12.4. The molecule has 0 aromatic heterocycles. The van der Waals surface area contributed by atoms with Gasteiger partial charge in [0.15, 0.2) is 5.96 Å². The molecule has 0 atom stereocenters. The second-order valence-electron chi connectivity index (χ2n) is 6.99. The van der Waals surface area contributed by atoms with Crippen LogP contribution in [-0.4, -0.2) is 56.3 Å². The van der Waals surface area contributed by atoms with Crippen molar-refractivity contribution >= 4 is 29.9 Å². The van der Waals surface area contributed by atoms with E-state index in [2.05, 4.69) is 29.5 Å². The summed E-state index contributed by atoms with van der Waals surface area (Å²) in [6.45, 7) is 9.18. The fraction of sp³-hybridized carbons (Fsp3) is 0.941. The standard InChI is InChI=1S/C17H33F3N4.HI/c1-4-21-16(22-9-5-14(2)3)23-10-6-15-7-11-24(12-8-15)13-17(18,19)20;/h14-15H,4-13H2,1-3H3,(H2,21,22,23);1H. The summed E-state index contributed by atoms with van der Waals surface area (Å²) in [6, 6.07) is 0. The Morgan fingerprint density at radius 2 is 1.84 bits per heavy atom. The molecule has 1 saturated heterocycles. The van der Waals surface area contributed by atoms with Gasteiger partial charge in [0.2, 0.25) is 0 Å². The Bertz CT molecular complexity index is 367. The summed E-state index contributed by atoms with van der Waals surface area (Å²) in [6.07, 6.45) is -0.367. The number of likely N-dealkylation sites (tertiary alicyclic amines) is 1. The molecule has 0 spiro atoms. The van der Waals surface area contributed by atoms with Crippen LogP contribution in [0.5, 0.6) is 0 Å². The summed E-state index contributed by atoms with van der Waals surface area (Å²) in [7, 11) is 0. The van der Waals surface area contributed by atoms with Gasteiger partial charge in [0.25, 0.3) is 0 Å². The monoisotopic (exact) mass is 478 g/mol. The number of alkyl halides is 3. The molecule has 0 saturated carbocycles. The first-order valence-corrected chi connectivity index (χ1v) is 9.11. The van der Waals surface area contributed by atoms with Gasteiger partial charge in [0, 0.05) is 19.6 Å².